The van der Waals surface area contributed by atoms with Gasteiger partial charge in [-0.2, -0.15) is 0 Å². The fraction of sp³-hybridized carbons (Fsp3) is 0.333. The number of nitrogens with zero attached hydrogens (tertiary/aromatic N) is 3. The molecule has 0 radical (unpaired) electrons. The van der Waals surface area contributed by atoms with Gasteiger partial charge in [-0.25, -0.2) is 4.98 Å². The Hall–Kier alpha value is -3.00. The van der Waals surface area contributed by atoms with Crippen LogP contribution in [0.1, 0.15) is 36.0 Å². The third-order valence-corrected chi connectivity index (χ3v) is 5.86. The van der Waals surface area contributed by atoms with Gasteiger partial charge in [0.25, 0.3) is 11.5 Å². The average molecular weight is 413 g/mol. The Labute approximate surface area is 173 Å². The van der Waals surface area contributed by atoms with E-state index in [1.54, 1.807) is 29.2 Å². The topological polar surface area (TPSA) is 84.3 Å². The first-order valence-electron chi connectivity index (χ1n) is 9.63. The van der Waals surface area contributed by atoms with Crippen LogP contribution in [0.2, 0.25) is 0 Å². The van der Waals surface area contributed by atoms with Crippen LogP contribution in [-0.4, -0.2) is 39.4 Å². The highest BCUT2D eigenvalue weighted by molar-refractivity contribution is 7.18. The second kappa shape index (κ2) is 9.00. The van der Waals surface area contributed by atoms with E-state index in [4.69, 9.17) is 0 Å². The summed E-state index contributed by atoms with van der Waals surface area (Å²) in [6, 6.07) is 8.65. The van der Waals surface area contributed by atoms with Crippen molar-refractivity contribution in [3.8, 4) is 0 Å². The molecule has 3 rings (SSSR count). The Balaban J connectivity index is 1.75. The van der Waals surface area contributed by atoms with Crippen molar-refractivity contribution in [1.82, 2.24) is 14.5 Å². The predicted molar refractivity (Wildman–Crippen MR) is 116 cm³/mol. The van der Waals surface area contributed by atoms with E-state index in [0.717, 1.165) is 11.3 Å². The first-order chi connectivity index (χ1) is 14.0. The van der Waals surface area contributed by atoms with Crippen LogP contribution in [0.3, 0.4) is 0 Å². The van der Waals surface area contributed by atoms with E-state index in [9.17, 15) is 14.4 Å². The number of hydrogen-bond acceptors (Lipinski definition) is 5. The van der Waals surface area contributed by atoms with E-state index >= 15 is 0 Å². The molecule has 0 aliphatic carbocycles. The van der Waals surface area contributed by atoms with Gasteiger partial charge >= 0.3 is 0 Å². The second-order valence-corrected chi connectivity index (χ2v) is 7.68. The first kappa shape index (κ1) is 20.7. The molecule has 0 aliphatic rings. The van der Waals surface area contributed by atoms with Gasteiger partial charge in [-0.3, -0.25) is 19.0 Å². The highest BCUT2D eigenvalue weighted by atomic mass is 32.1. The van der Waals surface area contributed by atoms with Crippen molar-refractivity contribution in [1.29, 1.82) is 0 Å². The summed E-state index contributed by atoms with van der Waals surface area (Å²) in [7, 11) is 0. The quantitative estimate of drug-likeness (QED) is 0.646. The van der Waals surface area contributed by atoms with Crippen molar-refractivity contribution < 1.29 is 9.59 Å². The minimum absolute atomic E-state index is 0.0823. The van der Waals surface area contributed by atoms with Crippen LogP contribution >= 0.6 is 11.3 Å². The molecule has 29 heavy (non-hydrogen) atoms. The zero-order chi connectivity index (χ0) is 21.0. The lowest BCUT2D eigenvalue weighted by molar-refractivity contribution is -0.116. The molecule has 0 unspecified atom stereocenters. The summed E-state index contributed by atoms with van der Waals surface area (Å²) >= 11 is 1.49. The Bertz CT molecular complexity index is 1100. The van der Waals surface area contributed by atoms with E-state index in [1.807, 2.05) is 26.8 Å². The van der Waals surface area contributed by atoms with Gasteiger partial charge in [0, 0.05) is 29.2 Å². The van der Waals surface area contributed by atoms with Crippen LogP contribution in [-0.2, 0) is 17.8 Å². The van der Waals surface area contributed by atoms with Crippen LogP contribution in [0.4, 0.5) is 5.69 Å². The van der Waals surface area contributed by atoms with Crippen molar-refractivity contribution in [3.63, 3.8) is 0 Å². The van der Waals surface area contributed by atoms with E-state index in [2.05, 4.69) is 10.3 Å². The molecule has 152 valence electrons. The van der Waals surface area contributed by atoms with Crippen molar-refractivity contribution in [2.24, 2.45) is 0 Å². The minimum Gasteiger partial charge on any atom is -0.339 e. The number of carbonyl (C=O) groups is 2. The lowest BCUT2D eigenvalue weighted by Crippen LogP contribution is -2.30. The summed E-state index contributed by atoms with van der Waals surface area (Å²) in [6.07, 6.45) is 2.24. The lowest BCUT2D eigenvalue weighted by atomic mass is 10.1. The van der Waals surface area contributed by atoms with Gasteiger partial charge in [0.05, 0.1) is 11.7 Å². The van der Waals surface area contributed by atoms with Crippen molar-refractivity contribution >= 4 is 39.1 Å². The summed E-state index contributed by atoms with van der Waals surface area (Å²) in [5.74, 6) is -0.437. The van der Waals surface area contributed by atoms with Gasteiger partial charge in [0.15, 0.2) is 0 Å². The third kappa shape index (κ3) is 4.54. The molecule has 0 atom stereocenters. The number of carbonyl (C=O) groups excluding carboxylic acids is 2. The van der Waals surface area contributed by atoms with E-state index < -0.39 is 0 Å². The lowest BCUT2D eigenvalue weighted by Gasteiger charge is -2.19. The number of thiophene rings is 1. The number of benzene rings is 1. The van der Waals surface area contributed by atoms with Crippen LogP contribution in [0, 0.1) is 0 Å². The SMILES string of the molecule is CCc1cc2c(=O)n(CC(=O)Nc3cccc(C(=O)N(CC)CC)c3)cnc2s1. The average Bonchev–Trinajstić information content (AvgIpc) is 3.15. The van der Waals surface area contributed by atoms with Gasteiger partial charge in [0.1, 0.15) is 11.4 Å². The second-order valence-electron chi connectivity index (χ2n) is 6.57. The molecule has 0 fully saturated rings. The molecule has 0 saturated heterocycles. The molecule has 2 aromatic heterocycles. The maximum Gasteiger partial charge on any atom is 0.262 e. The van der Waals surface area contributed by atoms with Gasteiger partial charge in [-0.05, 0) is 44.5 Å². The maximum absolute atomic E-state index is 12.6. The first-order valence-corrected chi connectivity index (χ1v) is 10.5. The third-order valence-electron chi connectivity index (χ3n) is 4.68. The molecular formula is C21H24N4O3S. The van der Waals surface area contributed by atoms with Gasteiger partial charge in [-0.1, -0.05) is 13.0 Å². The zero-order valence-electron chi connectivity index (χ0n) is 16.8. The highest BCUT2D eigenvalue weighted by Crippen LogP contribution is 2.21. The van der Waals surface area contributed by atoms with Crippen molar-refractivity contribution in [3.05, 3.63) is 57.5 Å². The normalized spacial score (nSPS) is 10.9. The van der Waals surface area contributed by atoms with Crippen molar-refractivity contribution in [2.75, 3.05) is 18.4 Å². The van der Waals surface area contributed by atoms with E-state index in [1.165, 1.54) is 22.2 Å². The number of rotatable bonds is 7. The van der Waals surface area contributed by atoms with Gasteiger partial charge in [0.2, 0.25) is 5.91 Å². The smallest absolute Gasteiger partial charge is 0.262 e. The number of aryl methyl sites for hydroxylation is 1. The molecule has 0 saturated carbocycles. The van der Waals surface area contributed by atoms with E-state index in [-0.39, 0.29) is 23.9 Å². The summed E-state index contributed by atoms with van der Waals surface area (Å²) in [5.41, 5.74) is 0.794. The monoisotopic (exact) mass is 412 g/mol. The maximum atomic E-state index is 12.6. The predicted octanol–water partition coefficient (Wildman–Crippen LogP) is 3.14. The summed E-state index contributed by atoms with van der Waals surface area (Å²) in [6.45, 7) is 6.96. The molecular weight excluding hydrogens is 388 g/mol. The number of fused-ring (bicyclic) bond motifs is 1. The highest BCUT2D eigenvalue weighted by Gasteiger charge is 2.14. The number of nitrogens with one attached hydrogen (secondary N) is 1. The Morgan fingerprint density at radius 3 is 2.62 bits per heavy atom. The molecule has 7 nitrogen and oxygen atoms in total. The largest absolute Gasteiger partial charge is 0.339 e. The fourth-order valence-corrected chi connectivity index (χ4v) is 4.00. The molecule has 2 heterocycles. The molecule has 1 aromatic carbocycles. The van der Waals surface area contributed by atoms with Crippen molar-refractivity contribution in [2.45, 2.75) is 33.7 Å². The number of hydrogen-bond donors (Lipinski definition) is 1. The summed E-state index contributed by atoms with van der Waals surface area (Å²) < 4.78 is 1.30. The molecule has 0 bridgehead atoms. The Kier molecular flexibility index (Phi) is 6.43. The minimum atomic E-state index is -0.355. The molecule has 3 aromatic rings. The number of amides is 2. The van der Waals surface area contributed by atoms with Gasteiger partial charge in [-0.15, -0.1) is 11.3 Å². The molecule has 0 aliphatic heterocycles. The molecule has 2 amide bonds. The van der Waals surface area contributed by atoms with E-state index in [0.29, 0.717) is 34.6 Å². The summed E-state index contributed by atoms with van der Waals surface area (Å²) in [4.78, 5) is 45.4. The van der Waals surface area contributed by atoms with Crippen LogP contribution < -0.4 is 10.9 Å². The molecule has 1 N–H and O–H groups in total. The Morgan fingerprint density at radius 2 is 1.93 bits per heavy atom. The van der Waals surface area contributed by atoms with Crippen LogP contribution in [0.5, 0.6) is 0 Å². The Morgan fingerprint density at radius 1 is 1.17 bits per heavy atom. The zero-order valence-corrected chi connectivity index (χ0v) is 17.6. The van der Waals surface area contributed by atoms with Crippen LogP contribution in [0.15, 0.2) is 41.5 Å². The molecule has 0 spiro atoms. The number of anilines is 1. The standard InChI is InChI=1S/C21H24N4O3S/c1-4-16-11-17-19(29-16)22-13-25(21(17)28)12-18(26)23-15-9-7-8-14(10-15)20(27)24(5-2)6-3/h7-11,13H,4-6,12H2,1-3H3,(H,23,26). The fourth-order valence-electron chi connectivity index (χ4n) is 3.08. The van der Waals surface area contributed by atoms with Crippen LogP contribution in [0.25, 0.3) is 10.2 Å². The van der Waals surface area contributed by atoms with Gasteiger partial charge < -0.3 is 10.2 Å². The summed E-state index contributed by atoms with van der Waals surface area (Å²) in [5, 5.41) is 3.29. The number of aromatic nitrogens is 2. The molecule has 8 heteroatoms.